The molecule has 6 heteroatoms. The first kappa shape index (κ1) is 22.3. The van der Waals surface area contributed by atoms with Gasteiger partial charge < -0.3 is 14.2 Å². The Morgan fingerprint density at radius 1 is 0.963 bits per heavy atom. The fraction of sp³-hybridized carbons (Fsp3) is 0.143. The average molecular weight is 417 g/mol. The first-order chi connectivity index (χ1) is 12.7. The van der Waals surface area contributed by atoms with Gasteiger partial charge in [-0.1, -0.05) is 12.7 Å². The number of carbonyl (C=O) groups excluding carboxylic acids is 2. The molecule has 0 spiro atoms. The predicted molar refractivity (Wildman–Crippen MR) is 97.7 cm³/mol. The fourth-order valence-electron chi connectivity index (χ4n) is 1.91. The maximum atomic E-state index is 11.8. The molecule has 0 aromatic heterocycles. The Hall–Kier alpha value is -2.72. The van der Waals surface area contributed by atoms with Crippen molar-refractivity contribution in [2.24, 2.45) is 0 Å². The van der Waals surface area contributed by atoms with Crippen molar-refractivity contribution in [3.63, 3.8) is 0 Å². The average Bonchev–Trinajstić information content (AvgIpc) is 2.68. The zero-order chi connectivity index (χ0) is 18.6. The van der Waals surface area contributed by atoms with E-state index in [2.05, 4.69) is 12.6 Å². The molecule has 5 nitrogen and oxygen atoms in total. The Morgan fingerprint density at radius 2 is 1.63 bits per heavy atom. The summed E-state index contributed by atoms with van der Waals surface area (Å²) in [6.45, 7) is 3.99. The van der Waals surface area contributed by atoms with Crippen LogP contribution in [0.4, 0.5) is 0 Å². The van der Waals surface area contributed by atoms with Gasteiger partial charge in [0.2, 0.25) is 0 Å². The second-order valence-corrected chi connectivity index (χ2v) is 5.13. The minimum absolute atomic E-state index is 0. The summed E-state index contributed by atoms with van der Waals surface area (Å²) >= 11 is 0. The topological polar surface area (TPSA) is 61.8 Å². The summed E-state index contributed by atoms with van der Waals surface area (Å²) in [5.74, 6) is 0.149. The van der Waals surface area contributed by atoms with Gasteiger partial charge in [-0.2, -0.15) is 30.3 Å². The minimum Gasteiger partial charge on any atom is -0.493 e. The molecule has 0 heterocycles. The maximum absolute atomic E-state index is 11.8. The quantitative estimate of drug-likeness (QED) is 0.156. The van der Waals surface area contributed by atoms with Crippen molar-refractivity contribution in [1.29, 1.82) is 0 Å². The number of ether oxygens (including phenoxy) is 3. The van der Waals surface area contributed by atoms with Crippen LogP contribution in [0.15, 0.2) is 67.3 Å². The van der Waals surface area contributed by atoms with Crippen molar-refractivity contribution in [1.82, 2.24) is 0 Å². The van der Waals surface area contributed by atoms with Gasteiger partial charge in [0.05, 0.1) is 13.2 Å². The van der Waals surface area contributed by atoms with Crippen LogP contribution in [-0.2, 0) is 33.8 Å². The molecule has 0 bridgehead atoms. The Kier molecular flexibility index (Phi) is 10.4. The number of hydrogen-bond acceptors (Lipinski definition) is 5. The molecule has 2 aromatic carbocycles. The summed E-state index contributed by atoms with van der Waals surface area (Å²) in [6, 6.07) is 16.8. The Labute approximate surface area is 171 Å². The van der Waals surface area contributed by atoms with E-state index < -0.39 is 11.9 Å². The number of rotatable bonds is 9. The van der Waals surface area contributed by atoms with Crippen molar-refractivity contribution < 1.29 is 43.3 Å². The number of benzene rings is 2. The van der Waals surface area contributed by atoms with Gasteiger partial charge in [-0.05, 0) is 24.3 Å². The van der Waals surface area contributed by atoms with Crippen LogP contribution < -0.4 is 9.47 Å². The molecule has 0 N–H and O–H groups in total. The SMILES string of the molecule is C=CC(=O)OCCCOc1ccc(OC(=O)/C=C/c2cc[c-]cc2)cc1.[Zn]. The van der Waals surface area contributed by atoms with Gasteiger partial charge in [0.25, 0.3) is 0 Å². The minimum atomic E-state index is -0.462. The molecule has 2 aromatic rings. The molecule has 0 radical (unpaired) electrons. The third-order valence-corrected chi connectivity index (χ3v) is 3.17. The molecular weight excluding hydrogens is 398 g/mol. The second kappa shape index (κ2) is 12.6. The molecule has 0 aliphatic heterocycles. The molecule has 0 aliphatic rings. The van der Waals surface area contributed by atoms with Crippen LogP contribution in [0.1, 0.15) is 12.0 Å². The van der Waals surface area contributed by atoms with Gasteiger partial charge in [-0.3, -0.25) is 0 Å². The largest absolute Gasteiger partial charge is 0.493 e. The molecule has 0 fully saturated rings. The summed E-state index contributed by atoms with van der Waals surface area (Å²) in [6.07, 6.45) is 4.73. The van der Waals surface area contributed by atoms with Crippen LogP contribution in [0.2, 0.25) is 0 Å². The zero-order valence-corrected chi connectivity index (χ0v) is 17.9. The van der Waals surface area contributed by atoms with Crippen molar-refractivity contribution >= 4 is 18.0 Å². The van der Waals surface area contributed by atoms with Crippen LogP contribution in [0.25, 0.3) is 6.08 Å². The molecule has 136 valence electrons. The summed E-state index contributed by atoms with van der Waals surface area (Å²) in [7, 11) is 0. The van der Waals surface area contributed by atoms with Crippen molar-refractivity contribution in [3.8, 4) is 11.5 Å². The van der Waals surface area contributed by atoms with E-state index in [4.69, 9.17) is 14.2 Å². The fourth-order valence-corrected chi connectivity index (χ4v) is 1.91. The number of carbonyl (C=O) groups is 2. The molecule has 0 amide bonds. The molecule has 0 aliphatic carbocycles. The zero-order valence-electron chi connectivity index (χ0n) is 14.9. The van der Waals surface area contributed by atoms with Crippen LogP contribution in [0, 0.1) is 6.07 Å². The van der Waals surface area contributed by atoms with E-state index in [-0.39, 0.29) is 26.1 Å². The van der Waals surface area contributed by atoms with Gasteiger partial charge in [0.15, 0.2) is 0 Å². The summed E-state index contributed by atoms with van der Waals surface area (Å²) in [5.41, 5.74) is 0.892. The summed E-state index contributed by atoms with van der Waals surface area (Å²) in [4.78, 5) is 22.7. The van der Waals surface area contributed by atoms with E-state index in [1.807, 2.05) is 12.1 Å². The summed E-state index contributed by atoms with van der Waals surface area (Å²) in [5, 5.41) is 0. The molecular formula is C21H19O5Zn-. The van der Waals surface area contributed by atoms with E-state index >= 15 is 0 Å². The van der Waals surface area contributed by atoms with Gasteiger partial charge >= 0.3 is 11.9 Å². The van der Waals surface area contributed by atoms with E-state index in [1.54, 1.807) is 42.5 Å². The monoisotopic (exact) mass is 415 g/mol. The van der Waals surface area contributed by atoms with Crippen LogP contribution in [0.3, 0.4) is 0 Å². The van der Waals surface area contributed by atoms with Crippen molar-refractivity contribution in [2.75, 3.05) is 13.2 Å². The predicted octanol–water partition coefficient (Wildman–Crippen LogP) is 3.60. The van der Waals surface area contributed by atoms with Crippen molar-refractivity contribution in [3.05, 3.63) is 78.9 Å². The normalized spacial score (nSPS) is 9.93. The maximum Gasteiger partial charge on any atom is 0.336 e. The van der Waals surface area contributed by atoms with Gasteiger partial charge in [-0.25, -0.2) is 9.59 Å². The summed E-state index contributed by atoms with van der Waals surface area (Å²) < 4.78 is 15.6. The third-order valence-electron chi connectivity index (χ3n) is 3.17. The first-order valence-corrected chi connectivity index (χ1v) is 8.05. The second-order valence-electron chi connectivity index (χ2n) is 5.13. The van der Waals surface area contributed by atoms with Gasteiger partial charge in [-0.15, -0.1) is 5.56 Å². The van der Waals surface area contributed by atoms with Gasteiger partial charge in [0, 0.05) is 38.1 Å². The Morgan fingerprint density at radius 3 is 2.30 bits per heavy atom. The third kappa shape index (κ3) is 8.97. The van der Waals surface area contributed by atoms with Crippen LogP contribution in [0.5, 0.6) is 11.5 Å². The van der Waals surface area contributed by atoms with Crippen LogP contribution >= 0.6 is 0 Å². The van der Waals surface area contributed by atoms with E-state index in [0.717, 1.165) is 11.6 Å². The molecule has 2 rings (SSSR count). The standard InChI is InChI=1S/C21H19O5.Zn/c1-2-20(22)25-16-6-15-24-18-10-12-19(13-11-18)26-21(23)14-9-17-7-4-3-5-8-17;/h2,4-5,7-14H,1,6,15-16H2;/q-1;/b14-9+;. The van der Waals surface area contributed by atoms with E-state index in [9.17, 15) is 9.59 Å². The van der Waals surface area contributed by atoms with E-state index in [1.165, 1.54) is 6.08 Å². The Bertz CT molecular complexity index is 754. The number of hydrogen-bond donors (Lipinski definition) is 0. The van der Waals surface area contributed by atoms with Crippen molar-refractivity contribution in [2.45, 2.75) is 6.42 Å². The first-order valence-electron chi connectivity index (χ1n) is 8.05. The molecule has 0 saturated heterocycles. The smallest absolute Gasteiger partial charge is 0.336 e. The van der Waals surface area contributed by atoms with Gasteiger partial charge in [0.1, 0.15) is 11.5 Å². The Balaban J connectivity index is 0.00000364. The van der Waals surface area contributed by atoms with Crippen LogP contribution in [-0.4, -0.2) is 25.2 Å². The molecule has 0 atom stereocenters. The number of esters is 2. The molecule has 0 saturated carbocycles. The molecule has 27 heavy (non-hydrogen) atoms. The molecule has 0 unspecified atom stereocenters. The van der Waals surface area contributed by atoms with E-state index in [0.29, 0.717) is 24.5 Å².